The number of rotatable bonds is 3. The minimum atomic E-state index is -5.08. The molecule has 0 atom stereocenters. The molecule has 15 heteroatoms. The number of halogens is 6. The first-order valence-corrected chi connectivity index (χ1v) is 7.23. The molecule has 0 aliphatic heterocycles. The summed E-state index contributed by atoms with van der Waals surface area (Å²) < 4.78 is 70.0. The Labute approximate surface area is 159 Å². The molecule has 0 unspecified atom stereocenters. The van der Waals surface area contributed by atoms with E-state index in [9.17, 15) is 35.9 Å². The van der Waals surface area contributed by atoms with Crippen LogP contribution in [0.15, 0.2) is 29.3 Å². The third kappa shape index (κ3) is 10.4. The maximum atomic E-state index is 12.7. The van der Waals surface area contributed by atoms with Crippen LogP contribution in [-0.2, 0) is 15.8 Å². The Morgan fingerprint density at radius 1 is 1.10 bits per heavy atom. The van der Waals surface area contributed by atoms with Gasteiger partial charge < -0.3 is 21.5 Å². The molecule has 0 aliphatic carbocycles. The summed E-state index contributed by atoms with van der Waals surface area (Å²) in [5.74, 6) is -3.90. The summed E-state index contributed by atoms with van der Waals surface area (Å²) in [5, 5.41) is 13.5. The van der Waals surface area contributed by atoms with Crippen molar-refractivity contribution in [1.82, 2.24) is 10.6 Å². The molecule has 162 valence electrons. The topological polar surface area (TPSA) is 146 Å². The van der Waals surface area contributed by atoms with Crippen LogP contribution in [0.4, 0.5) is 36.8 Å². The van der Waals surface area contributed by atoms with E-state index in [-0.39, 0.29) is 11.6 Å². The number of para-hydroxylation sites is 1. The summed E-state index contributed by atoms with van der Waals surface area (Å²) in [5.41, 5.74) is 3.96. The fourth-order valence-corrected chi connectivity index (χ4v) is 1.40. The zero-order valence-corrected chi connectivity index (χ0v) is 14.5. The quantitative estimate of drug-likeness (QED) is 0.280. The molecule has 6 N–H and O–H groups in total. The molecule has 0 radical (unpaired) electrons. The number of carboxylic acid groups (broad SMARTS) is 1. The second kappa shape index (κ2) is 10.7. The standard InChI is InChI=1S/C12H14F3N5O2.C2HF3O2/c1-17-11(22)20-10(16)18-6-9(21)19-8-5-3-2-4-7(8)12(13,14)15;3-2(4,5)1(6)7/h2-5H,6H2,1H3,(H,19,21)(H4,16,17,18,20,22);(H,6,7). The molecule has 0 saturated carbocycles. The zero-order valence-electron chi connectivity index (χ0n) is 14.5. The number of anilines is 1. The number of hydrogen-bond donors (Lipinski definition) is 5. The molecule has 0 aromatic heterocycles. The van der Waals surface area contributed by atoms with Crippen LogP contribution in [0.25, 0.3) is 0 Å². The van der Waals surface area contributed by atoms with E-state index in [2.05, 4.69) is 20.9 Å². The van der Waals surface area contributed by atoms with Gasteiger partial charge in [0.2, 0.25) is 5.91 Å². The molecular formula is C14H15F6N5O4. The van der Waals surface area contributed by atoms with Crippen LogP contribution in [0, 0.1) is 0 Å². The van der Waals surface area contributed by atoms with Gasteiger partial charge in [0, 0.05) is 7.05 Å². The lowest BCUT2D eigenvalue weighted by molar-refractivity contribution is -0.192. The molecule has 1 aromatic rings. The van der Waals surface area contributed by atoms with Gasteiger partial charge in [-0.2, -0.15) is 26.3 Å². The first-order valence-electron chi connectivity index (χ1n) is 7.23. The number of aliphatic carboxylic acids is 1. The monoisotopic (exact) mass is 431 g/mol. The van der Waals surface area contributed by atoms with Crippen molar-refractivity contribution >= 4 is 29.6 Å². The van der Waals surface area contributed by atoms with Crippen LogP contribution in [0.3, 0.4) is 0 Å². The Morgan fingerprint density at radius 3 is 2.07 bits per heavy atom. The molecule has 0 heterocycles. The molecule has 3 amide bonds. The Balaban J connectivity index is 0.000000956. The van der Waals surface area contributed by atoms with E-state index in [0.717, 1.165) is 12.1 Å². The number of carbonyl (C=O) groups excluding carboxylic acids is 2. The van der Waals surface area contributed by atoms with Gasteiger partial charge in [0.15, 0.2) is 5.96 Å². The highest BCUT2D eigenvalue weighted by Crippen LogP contribution is 2.34. The van der Waals surface area contributed by atoms with Crippen LogP contribution in [0.5, 0.6) is 0 Å². The van der Waals surface area contributed by atoms with Crippen molar-refractivity contribution in [3.63, 3.8) is 0 Å². The van der Waals surface area contributed by atoms with E-state index < -0.39 is 42.4 Å². The normalized spacial score (nSPS) is 11.6. The fourth-order valence-electron chi connectivity index (χ4n) is 1.40. The lowest BCUT2D eigenvalue weighted by atomic mass is 10.1. The maximum absolute atomic E-state index is 12.7. The number of nitrogens with one attached hydrogen (secondary N) is 3. The number of benzene rings is 1. The summed E-state index contributed by atoms with van der Waals surface area (Å²) in [7, 11) is 1.35. The molecule has 29 heavy (non-hydrogen) atoms. The second-order valence-corrected chi connectivity index (χ2v) is 4.80. The van der Waals surface area contributed by atoms with Crippen molar-refractivity contribution in [3.8, 4) is 0 Å². The van der Waals surface area contributed by atoms with Gasteiger partial charge in [-0.25, -0.2) is 14.6 Å². The first-order chi connectivity index (χ1) is 13.2. The van der Waals surface area contributed by atoms with E-state index >= 15 is 0 Å². The molecule has 0 spiro atoms. The van der Waals surface area contributed by atoms with Crippen LogP contribution < -0.4 is 21.7 Å². The molecular weight excluding hydrogens is 416 g/mol. The van der Waals surface area contributed by atoms with Crippen molar-refractivity contribution in [2.24, 2.45) is 10.7 Å². The van der Waals surface area contributed by atoms with Crippen molar-refractivity contribution in [2.75, 3.05) is 18.9 Å². The minimum Gasteiger partial charge on any atom is -0.475 e. The van der Waals surface area contributed by atoms with Gasteiger partial charge in [-0.1, -0.05) is 12.1 Å². The number of nitrogens with two attached hydrogens (primary N) is 1. The molecule has 1 aromatic carbocycles. The van der Waals surface area contributed by atoms with Gasteiger partial charge in [-0.3, -0.25) is 10.1 Å². The van der Waals surface area contributed by atoms with E-state index in [4.69, 9.17) is 15.6 Å². The minimum absolute atomic E-state index is 0.335. The van der Waals surface area contributed by atoms with Crippen molar-refractivity contribution in [1.29, 1.82) is 0 Å². The third-order valence-electron chi connectivity index (χ3n) is 2.61. The Morgan fingerprint density at radius 2 is 1.62 bits per heavy atom. The van der Waals surface area contributed by atoms with Gasteiger partial charge >= 0.3 is 24.4 Å². The van der Waals surface area contributed by atoms with Crippen molar-refractivity contribution in [2.45, 2.75) is 12.4 Å². The molecule has 0 aliphatic rings. The molecule has 9 nitrogen and oxygen atoms in total. The number of guanidine groups is 1. The number of urea groups is 1. The molecule has 1 rings (SSSR count). The van der Waals surface area contributed by atoms with Gasteiger partial charge in [0.1, 0.15) is 6.54 Å². The first kappa shape index (κ1) is 25.5. The van der Waals surface area contributed by atoms with E-state index in [0.29, 0.717) is 0 Å². The van der Waals surface area contributed by atoms with E-state index in [1.165, 1.54) is 19.2 Å². The second-order valence-electron chi connectivity index (χ2n) is 4.80. The Kier molecular flexibility index (Phi) is 9.42. The van der Waals surface area contributed by atoms with Crippen LogP contribution >= 0.6 is 0 Å². The van der Waals surface area contributed by atoms with Crippen molar-refractivity contribution in [3.05, 3.63) is 29.8 Å². The maximum Gasteiger partial charge on any atom is 0.490 e. The number of carboxylic acids is 1. The predicted octanol–water partition coefficient (Wildman–Crippen LogP) is 1.52. The van der Waals surface area contributed by atoms with Crippen molar-refractivity contribution < 1.29 is 45.8 Å². The summed E-state index contributed by atoms with van der Waals surface area (Å²) >= 11 is 0. The lowest BCUT2D eigenvalue weighted by Crippen LogP contribution is -2.42. The smallest absolute Gasteiger partial charge is 0.475 e. The van der Waals surface area contributed by atoms with E-state index in [1.54, 1.807) is 0 Å². The summed E-state index contributed by atoms with van der Waals surface area (Å²) in [4.78, 5) is 34.9. The molecule has 0 bridgehead atoms. The lowest BCUT2D eigenvalue weighted by Gasteiger charge is -2.13. The average Bonchev–Trinajstić information content (AvgIpc) is 2.59. The van der Waals surface area contributed by atoms with Gasteiger partial charge in [-0.15, -0.1) is 0 Å². The van der Waals surface area contributed by atoms with Crippen LogP contribution in [-0.4, -0.2) is 48.7 Å². The Bertz CT molecular complexity index is 764. The highest BCUT2D eigenvalue weighted by molar-refractivity contribution is 5.98. The van der Waals surface area contributed by atoms with Crippen LogP contribution in [0.1, 0.15) is 5.56 Å². The van der Waals surface area contributed by atoms with Crippen LogP contribution in [0.2, 0.25) is 0 Å². The number of amides is 3. The SMILES string of the molecule is CNC(=O)NC(N)=NCC(=O)Nc1ccccc1C(F)(F)F.O=C(O)C(F)(F)F. The van der Waals surface area contributed by atoms with Gasteiger partial charge in [0.05, 0.1) is 11.3 Å². The van der Waals surface area contributed by atoms with Gasteiger partial charge in [-0.05, 0) is 12.1 Å². The number of carbonyl (C=O) groups is 3. The predicted molar refractivity (Wildman–Crippen MR) is 87.8 cm³/mol. The zero-order chi connectivity index (χ0) is 22.8. The summed E-state index contributed by atoms with van der Waals surface area (Å²) in [6, 6.07) is 3.90. The Hall–Kier alpha value is -3.52. The van der Waals surface area contributed by atoms with Gasteiger partial charge in [0.25, 0.3) is 0 Å². The highest BCUT2D eigenvalue weighted by Gasteiger charge is 2.38. The summed E-state index contributed by atoms with van der Waals surface area (Å²) in [6.07, 6.45) is -9.67. The molecule has 0 fully saturated rings. The summed E-state index contributed by atoms with van der Waals surface area (Å²) in [6.45, 7) is -0.540. The number of nitrogens with zero attached hydrogens (tertiary/aromatic N) is 1. The molecule has 0 saturated heterocycles. The number of alkyl halides is 6. The average molecular weight is 431 g/mol. The third-order valence-corrected chi connectivity index (χ3v) is 2.61. The largest absolute Gasteiger partial charge is 0.490 e. The number of hydrogen-bond acceptors (Lipinski definition) is 4. The fraction of sp³-hybridized carbons (Fsp3) is 0.286. The number of aliphatic imine (C=N–C) groups is 1. The highest BCUT2D eigenvalue weighted by atomic mass is 19.4. The van der Waals surface area contributed by atoms with E-state index in [1.807, 2.05) is 0 Å².